The highest BCUT2D eigenvalue weighted by Gasteiger charge is 2.37. The van der Waals surface area contributed by atoms with Crippen molar-refractivity contribution < 1.29 is 23.7 Å². The van der Waals surface area contributed by atoms with Gasteiger partial charge in [0.05, 0.1) is 39.7 Å². The molecule has 1 atom stereocenters. The lowest BCUT2D eigenvalue weighted by Gasteiger charge is -2.29. The highest BCUT2D eigenvalue weighted by molar-refractivity contribution is 7.17. The quantitative estimate of drug-likeness (QED) is 0.715. The van der Waals surface area contributed by atoms with E-state index in [0.29, 0.717) is 55.2 Å². The van der Waals surface area contributed by atoms with Gasteiger partial charge in [-0.2, -0.15) is 5.26 Å². The Kier molecular flexibility index (Phi) is 5.57. The van der Waals surface area contributed by atoms with Crippen LogP contribution in [0, 0.1) is 11.3 Å². The van der Waals surface area contributed by atoms with Crippen LogP contribution in [-0.2, 0) is 9.53 Å². The van der Waals surface area contributed by atoms with Crippen LogP contribution in [0.3, 0.4) is 0 Å². The molecule has 1 aromatic carbocycles. The van der Waals surface area contributed by atoms with Crippen LogP contribution >= 0.6 is 11.3 Å². The lowest BCUT2D eigenvalue weighted by Crippen LogP contribution is -2.23. The first-order valence-electron chi connectivity index (χ1n) is 8.59. The van der Waals surface area contributed by atoms with Gasteiger partial charge in [-0.05, 0) is 24.6 Å². The average Bonchev–Trinajstić information content (AvgIpc) is 3.05. The van der Waals surface area contributed by atoms with Gasteiger partial charge in [-0.25, -0.2) is 4.79 Å². The van der Waals surface area contributed by atoms with Gasteiger partial charge < -0.3 is 30.0 Å². The van der Waals surface area contributed by atoms with Crippen LogP contribution in [0.25, 0.3) is 0 Å². The van der Waals surface area contributed by atoms with Crippen molar-refractivity contribution >= 4 is 28.0 Å². The number of nitrogens with two attached hydrogens (primary N) is 1. The second kappa shape index (κ2) is 7.93. The number of benzene rings is 1. The van der Waals surface area contributed by atoms with Crippen molar-refractivity contribution in [1.82, 2.24) is 0 Å². The van der Waals surface area contributed by atoms with Crippen molar-refractivity contribution in [1.29, 1.82) is 5.26 Å². The number of allylic oxidation sites excluding steroid dienone is 1. The molecule has 29 heavy (non-hydrogen) atoms. The van der Waals surface area contributed by atoms with Crippen LogP contribution in [-0.4, -0.2) is 34.4 Å². The number of nitriles is 1. The maximum atomic E-state index is 12.7. The number of nitrogens with one attached hydrogen (secondary N) is 1. The number of esters is 1. The van der Waals surface area contributed by atoms with Gasteiger partial charge in [-0.3, -0.25) is 0 Å². The normalized spacial score (nSPS) is 15.1. The smallest absolute Gasteiger partial charge is 0.336 e. The van der Waals surface area contributed by atoms with E-state index in [9.17, 15) is 10.1 Å². The van der Waals surface area contributed by atoms with Gasteiger partial charge in [0, 0.05) is 17.2 Å². The molecule has 0 fully saturated rings. The molecule has 0 bridgehead atoms. The molecule has 0 unspecified atom stereocenters. The molecule has 1 aliphatic heterocycles. The zero-order valence-corrected chi connectivity index (χ0v) is 17.5. The lowest BCUT2D eigenvalue weighted by atomic mass is 9.81. The van der Waals surface area contributed by atoms with Gasteiger partial charge in [-0.1, -0.05) is 0 Å². The van der Waals surface area contributed by atoms with E-state index in [-0.39, 0.29) is 0 Å². The molecule has 0 radical (unpaired) electrons. The number of thiophene rings is 1. The Bertz CT molecular complexity index is 1030. The summed E-state index contributed by atoms with van der Waals surface area (Å²) in [5, 5.41) is 13.3. The van der Waals surface area contributed by atoms with Crippen LogP contribution in [0.4, 0.5) is 10.7 Å². The largest absolute Gasteiger partial charge is 0.493 e. The molecule has 0 spiro atoms. The fraction of sp³-hybridized carbons (Fsp3) is 0.300. The molecule has 2 heterocycles. The summed E-state index contributed by atoms with van der Waals surface area (Å²) in [6.07, 6.45) is 0. The first-order valence-corrected chi connectivity index (χ1v) is 9.41. The standard InChI is InChI=1S/C20H21N3O5S/c1-9-14(20(24)28-5)15(16-17(22)13(8-21)29-19(16)23-9)10-6-11(25-2)18(27-4)12(7-10)26-3/h6-7,15,23H,22H2,1-5H3/t15-/m1/s1. The summed E-state index contributed by atoms with van der Waals surface area (Å²) in [7, 11) is 5.87. The highest BCUT2D eigenvalue weighted by Crippen LogP contribution is 2.52. The summed E-state index contributed by atoms with van der Waals surface area (Å²) in [5.41, 5.74) is 8.97. The fourth-order valence-electron chi connectivity index (χ4n) is 3.50. The van der Waals surface area contributed by atoms with E-state index < -0.39 is 11.9 Å². The number of methoxy groups -OCH3 is 4. The number of anilines is 2. The van der Waals surface area contributed by atoms with Gasteiger partial charge in [0.2, 0.25) is 5.75 Å². The van der Waals surface area contributed by atoms with Crippen molar-refractivity contribution in [2.45, 2.75) is 12.8 Å². The van der Waals surface area contributed by atoms with Crippen LogP contribution in [0.5, 0.6) is 17.2 Å². The molecule has 0 saturated heterocycles. The van der Waals surface area contributed by atoms with Gasteiger partial charge in [0.15, 0.2) is 11.5 Å². The van der Waals surface area contributed by atoms with Crippen molar-refractivity contribution in [3.63, 3.8) is 0 Å². The Morgan fingerprint density at radius 2 is 1.79 bits per heavy atom. The first-order chi connectivity index (χ1) is 13.9. The predicted molar refractivity (Wildman–Crippen MR) is 110 cm³/mol. The molecule has 152 valence electrons. The van der Waals surface area contributed by atoms with Gasteiger partial charge in [-0.15, -0.1) is 11.3 Å². The Hall–Kier alpha value is -3.38. The summed E-state index contributed by atoms with van der Waals surface area (Å²) >= 11 is 1.24. The summed E-state index contributed by atoms with van der Waals surface area (Å²) in [6.45, 7) is 1.78. The number of hydrogen-bond donors (Lipinski definition) is 2. The van der Waals surface area contributed by atoms with Crippen molar-refractivity contribution in [2.75, 3.05) is 39.5 Å². The lowest BCUT2D eigenvalue weighted by molar-refractivity contribution is -0.136. The van der Waals surface area contributed by atoms with Gasteiger partial charge in [0.1, 0.15) is 15.9 Å². The molecule has 1 aliphatic rings. The molecular weight excluding hydrogens is 394 g/mol. The van der Waals surface area contributed by atoms with E-state index in [0.717, 1.165) is 0 Å². The molecule has 0 amide bonds. The molecule has 8 nitrogen and oxygen atoms in total. The summed E-state index contributed by atoms with van der Waals surface area (Å²) in [4.78, 5) is 13.1. The number of fused-ring (bicyclic) bond motifs is 1. The molecule has 0 aliphatic carbocycles. The van der Waals surface area contributed by atoms with E-state index >= 15 is 0 Å². The third kappa shape index (κ3) is 3.21. The minimum Gasteiger partial charge on any atom is -0.493 e. The molecule has 3 rings (SSSR count). The zero-order valence-electron chi connectivity index (χ0n) is 16.7. The molecule has 3 N–H and O–H groups in total. The number of carbonyl (C=O) groups is 1. The zero-order chi connectivity index (χ0) is 21.3. The Morgan fingerprint density at radius 1 is 1.17 bits per heavy atom. The van der Waals surface area contributed by atoms with Crippen molar-refractivity contribution in [3.05, 3.63) is 39.4 Å². The molecule has 1 aromatic heterocycles. The second-order valence-electron chi connectivity index (χ2n) is 6.25. The Balaban J connectivity index is 2.34. The molecule has 2 aromatic rings. The van der Waals surface area contributed by atoms with Gasteiger partial charge in [0.25, 0.3) is 0 Å². The monoisotopic (exact) mass is 415 g/mol. The summed E-state index contributed by atoms with van der Waals surface area (Å²) < 4.78 is 21.4. The van der Waals surface area contributed by atoms with Crippen LogP contribution < -0.4 is 25.3 Å². The molecular formula is C20H21N3O5S. The number of nitrogen functional groups attached to an aromatic ring is 1. The number of carbonyl (C=O) groups excluding carboxylic acids is 1. The van der Waals surface area contributed by atoms with E-state index in [1.807, 2.05) is 0 Å². The first kappa shape index (κ1) is 20.4. The third-order valence-corrected chi connectivity index (χ3v) is 5.83. The summed E-state index contributed by atoms with van der Waals surface area (Å²) in [6, 6.07) is 5.64. The van der Waals surface area contributed by atoms with E-state index in [1.54, 1.807) is 19.1 Å². The SMILES string of the molecule is COC(=O)C1=C(C)Nc2sc(C#N)c(N)c2[C@@H]1c1cc(OC)c(OC)c(OC)c1. The van der Waals surface area contributed by atoms with Crippen molar-refractivity contribution in [2.24, 2.45) is 0 Å². The number of hydrogen-bond acceptors (Lipinski definition) is 9. The number of nitrogens with zero attached hydrogens (tertiary/aromatic N) is 1. The average molecular weight is 415 g/mol. The van der Waals surface area contributed by atoms with Crippen LogP contribution in [0.2, 0.25) is 0 Å². The molecule has 9 heteroatoms. The summed E-state index contributed by atoms with van der Waals surface area (Å²) in [5.74, 6) is 0.245. The second-order valence-corrected chi connectivity index (χ2v) is 7.27. The maximum absolute atomic E-state index is 12.7. The van der Waals surface area contributed by atoms with E-state index in [2.05, 4.69) is 11.4 Å². The van der Waals surface area contributed by atoms with E-state index in [4.69, 9.17) is 24.7 Å². The number of ether oxygens (including phenoxy) is 4. The van der Waals surface area contributed by atoms with Crippen molar-refractivity contribution in [3.8, 4) is 23.3 Å². The Labute approximate surface area is 172 Å². The maximum Gasteiger partial charge on any atom is 0.336 e. The molecule has 0 saturated carbocycles. The highest BCUT2D eigenvalue weighted by atomic mass is 32.1. The third-order valence-electron chi connectivity index (χ3n) is 4.79. The minimum absolute atomic E-state index is 0.327. The fourth-order valence-corrected chi connectivity index (χ4v) is 4.51. The Morgan fingerprint density at radius 3 is 2.28 bits per heavy atom. The van der Waals surface area contributed by atoms with Crippen LogP contribution in [0.1, 0.15) is 28.8 Å². The van der Waals surface area contributed by atoms with Crippen LogP contribution in [0.15, 0.2) is 23.4 Å². The van der Waals surface area contributed by atoms with Gasteiger partial charge >= 0.3 is 5.97 Å². The number of rotatable bonds is 5. The van der Waals surface area contributed by atoms with E-state index in [1.165, 1.54) is 39.8 Å². The predicted octanol–water partition coefficient (Wildman–Crippen LogP) is 3.23. The minimum atomic E-state index is -0.578. The topological polar surface area (TPSA) is 116 Å².